The molecule has 0 aliphatic carbocycles. The molecule has 1 N–H and O–H groups in total. The number of methoxy groups -OCH3 is 1. The summed E-state index contributed by atoms with van der Waals surface area (Å²) in [5.41, 5.74) is 3.79. The molecule has 0 aliphatic heterocycles. The molecule has 1 unspecified atom stereocenters. The lowest BCUT2D eigenvalue weighted by molar-refractivity contribution is 0.404. The fraction of sp³-hybridized carbons (Fsp3) is 0.500. The van der Waals surface area contributed by atoms with Gasteiger partial charge < -0.3 is 10.1 Å². The Morgan fingerprint density at radius 2 is 2.11 bits per heavy atom. The van der Waals surface area contributed by atoms with E-state index in [1.165, 1.54) is 16.7 Å². The first-order valence-electron chi connectivity index (χ1n) is 6.61. The third-order valence-corrected chi connectivity index (χ3v) is 2.83. The third-order valence-electron chi connectivity index (χ3n) is 2.83. The second-order valence-corrected chi connectivity index (χ2v) is 4.92. The average Bonchev–Trinajstić information content (AvgIpc) is 2.34. The lowest BCUT2D eigenvalue weighted by atomic mass is 10.0. The van der Waals surface area contributed by atoms with E-state index in [4.69, 9.17) is 4.74 Å². The van der Waals surface area contributed by atoms with Crippen molar-refractivity contribution in [2.24, 2.45) is 0 Å². The highest BCUT2D eigenvalue weighted by molar-refractivity contribution is 5.41. The minimum atomic E-state index is 0.227. The van der Waals surface area contributed by atoms with Gasteiger partial charge in [-0.2, -0.15) is 0 Å². The van der Waals surface area contributed by atoms with Gasteiger partial charge >= 0.3 is 0 Å². The highest BCUT2D eigenvalue weighted by Crippen LogP contribution is 2.27. The Morgan fingerprint density at radius 3 is 2.67 bits per heavy atom. The van der Waals surface area contributed by atoms with Gasteiger partial charge in [-0.3, -0.25) is 0 Å². The van der Waals surface area contributed by atoms with Crippen molar-refractivity contribution in [2.75, 3.05) is 13.7 Å². The van der Waals surface area contributed by atoms with Crippen LogP contribution in [0.4, 0.5) is 0 Å². The first-order chi connectivity index (χ1) is 8.58. The summed E-state index contributed by atoms with van der Waals surface area (Å²) in [7, 11) is 1.73. The van der Waals surface area contributed by atoms with Crippen molar-refractivity contribution in [1.82, 2.24) is 5.32 Å². The lowest BCUT2D eigenvalue weighted by Gasteiger charge is -2.19. The number of hydrogen-bond donors (Lipinski definition) is 1. The van der Waals surface area contributed by atoms with Crippen molar-refractivity contribution < 1.29 is 4.74 Å². The van der Waals surface area contributed by atoms with Gasteiger partial charge in [0.1, 0.15) is 5.75 Å². The molecule has 0 saturated carbocycles. The number of allylic oxidation sites excluding steroid dienone is 1. The molecule has 2 nitrogen and oxygen atoms in total. The van der Waals surface area contributed by atoms with Gasteiger partial charge in [-0.25, -0.2) is 0 Å². The summed E-state index contributed by atoms with van der Waals surface area (Å²) in [5, 5.41) is 3.56. The Bertz CT molecular complexity index is 406. The Labute approximate surface area is 111 Å². The molecule has 0 radical (unpaired) electrons. The average molecular weight is 247 g/mol. The number of aryl methyl sites for hydroxylation is 1. The normalized spacial score (nSPS) is 12.1. The van der Waals surface area contributed by atoms with Gasteiger partial charge in [0.05, 0.1) is 13.2 Å². The van der Waals surface area contributed by atoms with Gasteiger partial charge in [0.15, 0.2) is 0 Å². The summed E-state index contributed by atoms with van der Waals surface area (Å²) in [6, 6.07) is 6.56. The number of benzene rings is 1. The molecule has 0 spiro atoms. The van der Waals surface area contributed by atoms with Gasteiger partial charge in [0, 0.05) is 5.56 Å². The summed E-state index contributed by atoms with van der Waals surface area (Å²) in [5.74, 6) is 0.951. The Balaban J connectivity index is 3.10. The van der Waals surface area contributed by atoms with E-state index < -0.39 is 0 Å². The summed E-state index contributed by atoms with van der Waals surface area (Å²) >= 11 is 0. The summed E-state index contributed by atoms with van der Waals surface area (Å²) < 4.78 is 5.47. The molecule has 100 valence electrons. The van der Waals surface area contributed by atoms with Crippen LogP contribution in [0.2, 0.25) is 0 Å². The smallest absolute Gasteiger partial charge is 0.123 e. The van der Waals surface area contributed by atoms with Crippen LogP contribution >= 0.6 is 0 Å². The molecule has 0 bridgehead atoms. The van der Waals surface area contributed by atoms with Crippen LogP contribution in [0.25, 0.3) is 0 Å². The minimum absolute atomic E-state index is 0.227. The predicted molar refractivity (Wildman–Crippen MR) is 78.2 cm³/mol. The summed E-state index contributed by atoms with van der Waals surface area (Å²) in [6.07, 6.45) is 3.38. The molecule has 0 amide bonds. The van der Waals surface area contributed by atoms with Crippen LogP contribution in [-0.2, 0) is 0 Å². The van der Waals surface area contributed by atoms with E-state index in [2.05, 4.69) is 51.2 Å². The zero-order chi connectivity index (χ0) is 13.5. The molecule has 0 aliphatic rings. The second-order valence-electron chi connectivity index (χ2n) is 4.92. The van der Waals surface area contributed by atoms with Crippen LogP contribution in [0.1, 0.15) is 44.4 Å². The lowest BCUT2D eigenvalue weighted by Crippen LogP contribution is -2.21. The number of nitrogens with one attached hydrogen (secondary N) is 1. The van der Waals surface area contributed by atoms with E-state index in [-0.39, 0.29) is 6.04 Å². The van der Waals surface area contributed by atoms with Crippen LogP contribution in [0, 0.1) is 6.92 Å². The molecule has 1 atom stereocenters. The van der Waals surface area contributed by atoms with Crippen molar-refractivity contribution in [3.8, 4) is 5.75 Å². The van der Waals surface area contributed by atoms with E-state index in [0.29, 0.717) is 0 Å². The standard InChI is InChI=1S/C16H25NO/c1-6-9-17-15(10-12(2)3)14-11-13(4)7-8-16(14)18-5/h7-8,10-11,15,17H,6,9H2,1-5H3. The van der Waals surface area contributed by atoms with E-state index in [1.54, 1.807) is 7.11 Å². The number of ether oxygens (including phenoxy) is 1. The molecule has 18 heavy (non-hydrogen) atoms. The van der Waals surface area contributed by atoms with Gasteiger partial charge in [-0.1, -0.05) is 36.3 Å². The van der Waals surface area contributed by atoms with Crippen molar-refractivity contribution in [1.29, 1.82) is 0 Å². The monoisotopic (exact) mass is 247 g/mol. The Kier molecular flexibility index (Phi) is 5.93. The van der Waals surface area contributed by atoms with Crippen molar-refractivity contribution in [2.45, 2.75) is 40.2 Å². The number of rotatable bonds is 6. The maximum atomic E-state index is 5.47. The maximum Gasteiger partial charge on any atom is 0.123 e. The van der Waals surface area contributed by atoms with Crippen LogP contribution in [0.3, 0.4) is 0 Å². The highest BCUT2D eigenvalue weighted by atomic mass is 16.5. The molecule has 1 rings (SSSR count). The SMILES string of the molecule is CCCNC(C=C(C)C)c1cc(C)ccc1OC. The van der Waals surface area contributed by atoms with Crippen LogP contribution in [0.15, 0.2) is 29.8 Å². The van der Waals surface area contributed by atoms with E-state index in [1.807, 2.05) is 6.07 Å². The zero-order valence-corrected chi connectivity index (χ0v) is 12.2. The van der Waals surface area contributed by atoms with Crippen molar-refractivity contribution in [3.63, 3.8) is 0 Å². The van der Waals surface area contributed by atoms with Crippen molar-refractivity contribution in [3.05, 3.63) is 41.0 Å². The molecule has 1 aromatic carbocycles. The fourth-order valence-electron chi connectivity index (χ4n) is 1.99. The molecule has 0 heterocycles. The fourth-order valence-corrected chi connectivity index (χ4v) is 1.99. The molecule has 0 fully saturated rings. The van der Waals surface area contributed by atoms with Gasteiger partial charge in [-0.05, 0) is 39.8 Å². The van der Waals surface area contributed by atoms with Gasteiger partial charge in [0.25, 0.3) is 0 Å². The predicted octanol–water partition coefficient (Wildman–Crippen LogP) is 4.01. The Hall–Kier alpha value is -1.28. The van der Waals surface area contributed by atoms with Crippen molar-refractivity contribution >= 4 is 0 Å². The van der Waals surface area contributed by atoms with E-state index in [9.17, 15) is 0 Å². The van der Waals surface area contributed by atoms with Crippen LogP contribution < -0.4 is 10.1 Å². The quantitative estimate of drug-likeness (QED) is 0.767. The highest BCUT2D eigenvalue weighted by Gasteiger charge is 2.13. The molecule has 2 heteroatoms. The largest absolute Gasteiger partial charge is 0.496 e. The molecule has 0 saturated heterocycles. The summed E-state index contributed by atoms with van der Waals surface area (Å²) in [4.78, 5) is 0. The molecular weight excluding hydrogens is 222 g/mol. The second kappa shape index (κ2) is 7.22. The molecular formula is C16H25NO. The van der Waals surface area contributed by atoms with E-state index >= 15 is 0 Å². The molecule has 1 aromatic rings. The summed E-state index contributed by atoms with van der Waals surface area (Å²) in [6.45, 7) is 9.56. The number of hydrogen-bond acceptors (Lipinski definition) is 2. The zero-order valence-electron chi connectivity index (χ0n) is 12.2. The Morgan fingerprint density at radius 1 is 1.39 bits per heavy atom. The molecule has 0 aromatic heterocycles. The first-order valence-corrected chi connectivity index (χ1v) is 6.61. The van der Waals surface area contributed by atoms with Gasteiger partial charge in [0.2, 0.25) is 0 Å². The topological polar surface area (TPSA) is 21.3 Å². The first kappa shape index (κ1) is 14.8. The van der Waals surface area contributed by atoms with Crippen LogP contribution in [-0.4, -0.2) is 13.7 Å². The van der Waals surface area contributed by atoms with Crippen LogP contribution in [0.5, 0.6) is 5.75 Å². The minimum Gasteiger partial charge on any atom is -0.496 e. The van der Waals surface area contributed by atoms with Gasteiger partial charge in [-0.15, -0.1) is 0 Å². The third kappa shape index (κ3) is 4.19. The van der Waals surface area contributed by atoms with E-state index in [0.717, 1.165) is 18.7 Å². The maximum absolute atomic E-state index is 5.47.